The van der Waals surface area contributed by atoms with E-state index < -0.39 is 17.7 Å². The molecule has 2 rings (SSSR count). The highest BCUT2D eigenvalue weighted by atomic mass is 19.2. The Morgan fingerprint density at radius 2 is 1.95 bits per heavy atom. The van der Waals surface area contributed by atoms with E-state index in [9.17, 15) is 13.9 Å². The van der Waals surface area contributed by atoms with Crippen LogP contribution in [0, 0.1) is 11.6 Å². The summed E-state index contributed by atoms with van der Waals surface area (Å²) in [6.45, 7) is 6.23. The molecule has 20 heavy (non-hydrogen) atoms. The standard InChI is InChI=1S/C15H21F2NO2/c1-10-8-18(9-11(2)20-10)7-6-14(19)12-4-3-5-13(16)15(12)17/h3-5,10-11,14,19H,6-9H2,1-2H3. The summed E-state index contributed by atoms with van der Waals surface area (Å²) in [7, 11) is 0. The number of hydrogen-bond acceptors (Lipinski definition) is 3. The summed E-state index contributed by atoms with van der Waals surface area (Å²) in [5.41, 5.74) is 0.0272. The van der Waals surface area contributed by atoms with Crippen LogP contribution in [0.4, 0.5) is 8.78 Å². The van der Waals surface area contributed by atoms with Crippen LogP contribution in [0.5, 0.6) is 0 Å². The molecule has 0 aliphatic carbocycles. The van der Waals surface area contributed by atoms with Crippen molar-refractivity contribution in [1.29, 1.82) is 0 Å². The molecule has 1 saturated heterocycles. The largest absolute Gasteiger partial charge is 0.388 e. The predicted octanol–water partition coefficient (Wildman–Crippen LogP) is 2.50. The van der Waals surface area contributed by atoms with Crippen LogP contribution in [0.2, 0.25) is 0 Å². The van der Waals surface area contributed by atoms with E-state index in [1.54, 1.807) is 0 Å². The Labute approximate surface area is 118 Å². The van der Waals surface area contributed by atoms with Crippen molar-refractivity contribution >= 4 is 0 Å². The maximum absolute atomic E-state index is 13.6. The molecule has 1 N–H and O–H groups in total. The maximum atomic E-state index is 13.6. The number of hydrogen-bond donors (Lipinski definition) is 1. The SMILES string of the molecule is CC1CN(CCC(O)c2cccc(F)c2F)CC(C)O1. The van der Waals surface area contributed by atoms with Crippen molar-refractivity contribution in [1.82, 2.24) is 4.90 Å². The predicted molar refractivity (Wildman–Crippen MR) is 72.4 cm³/mol. The minimum atomic E-state index is -0.987. The molecule has 3 atom stereocenters. The van der Waals surface area contributed by atoms with Gasteiger partial charge in [-0.2, -0.15) is 0 Å². The maximum Gasteiger partial charge on any atom is 0.164 e. The molecule has 0 amide bonds. The smallest absolute Gasteiger partial charge is 0.164 e. The van der Waals surface area contributed by atoms with Crippen LogP contribution < -0.4 is 0 Å². The first kappa shape index (κ1) is 15.4. The lowest BCUT2D eigenvalue weighted by Gasteiger charge is -2.35. The van der Waals surface area contributed by atoms with Crippen molar-refractivity contribution in [3.05, 3.63) is 35.4 Å². The average Bonchev–Trinajstić information content (AvgIpc) is 2.38. The van der Waals surface area contributed by atoms with E-state index in [1.807, 2.05) is 13.8 Å². The summed E-state index contributed by atoms with van der Waals surface area (Å²) in [5, 5.41) is 10.0. The first-order valence-electron chi connectivity index (χ1n) is 6.97. The van der Waals surface area contributed by atoms with Gasteiger partial charge in [0.2, 0.25) is 0 Å². The number of benzene rings is 1. The molecule has 0 radical (unpaired) electrons. The first-order chi connectivity index (χ1) is 9.47. The Kier molecular flexibility index (Phi) is 5.07. The van der Waals surface area contributed by atoms with E-state index in [4.69, 9.17) is 4.74 Å². The molecule has 1 aromatic rings. The zero-order valence-electron chi connectivity index (χ0n) is 11.9. The van der Waals surface area contributed by atoms with Crippen molar-refractivity contribution in [3.63, 3.8) is 0 Å². The van der Waals surface area contributed by atoms with Gasteiger partial charge in [0.05, 0.1) is 18.3 Å². The second kappa shape index (κ2) is 6.61. The van der Waals surface area contributed by atoms with Gasteiger partial charge in [-0.15, -0.1) is 0 Å². The van der Waals surface area contributed by atoms with Gasteiger partial charge in [0.15, 0.2) is 11.6 Å². The van der Waals surface area contributed by atoms with Crippen LogP contribution in [-0.4, -0.2) is 41.8 Å². The molecular weight excluding hydrogens is 264 g/mol. The minimum absolute atomic E-state index is 0.0272. The van der Waals surface area contributed by atoms with Crippen molar-refractivity contribution in [2.24, 2.45) is 0 Å². The van der Waals surface area contributed by atoms with E-state index in [0.29, 0.717) is 13.0 Å². The second-order valence-electron chi connectivity index (χ2n) is 5.46. The molecule has 5 heteroatoms. The molecule has 0 bridgehead atoms. The Morgan fingerprint density at radius 3 is 2.60 bits per heavy atom. The van der Waals surface area contributed by atoms with Gasteiger partial charge in [-0.3, -0.25) is 4.90 Å². The lowest BCUT2D eigenvalue weighted by atomic mass is 10.0. The number of rotatable bonds is 4. The summed E-state index contributed by atoms with van der Waals surface area (Å²) in [4.78, 5) is 2.18. The van der Waals surface area contributed by atoms with E-state index in [-0.39, 0.29) is 17.8 Å². The van der Waals surface area contributed by atoms with Crippen LogP contribution in [-0.2, 0) is 4.74 Å². The third-order valence-electron chi connectivity index (χ3n) is 3.55. The fraction of sp³-hybridized carbons (Fsp3) is 0.600. The monoisotopic (exact) mass is 285 g/mol. The summed E-state index contributed by atoms with van der Waals surface area (Å²) < 4.78 is 32.3. The summed E-state index contributed by atoms with van der Waals surface area (Å²) >= 11 is 0. The van der Waals surface area contributed by atoms with Crippen LogP contribution in [0.1, 0.15) is 31.9 Å². The molecule has 3 nitrogen and oxygen atoms in total. The van der Waals surface area contributed by atoms with Gasteiger partial charge in [0, 0.05) is 25.2 Å². The summed E-state index contributed by atoms with van der Waals surface area (Å²) in [5.74, 6) is -1.88. The zero-order chi connectivity index (χ0) is 14.7. The number of halogens is 2. The number of nitrogens with zero attached hydrogens (tertiary/aromatic N) is 1. The number of aliphatic hydroxyl groups excluding tert-OH is 1. The van der Waals surface area contributed by atoms with Crippen molar-refractivity contribution in [2.45, 2.75) is 38.6 Å². The third-order valence-corrected chi connectivity index (χ3v) is 3.55. The molecule has 112 valence electrons. The van der Waals surface area contributed by atoms with E-state index in [1.165, 1.54) is 12.1 Å². The van der Waals surface area contributed by atoms with Gasteiger partial charge >= 0.3 is 0 Å². The van der Waals surface area contributed by atoms with Crippen LogP contribution in [0.3, 0.4) is 0 Å². The molecule has 3 unspecified atom stereocenters. The van der Waals surface area contributed by atoms with Crippen LogP contribution in [0.15, 0.2) is 18.2 Å². The van der Waals surface area contributed by atoms with E-state index in [0.717, 1.165) is 19.2 Å². The number of morpholine rings is 1. The van der Waals surface area contributed by atoms with Crippen molar-refractivity contribution in [3.8, 4) is 0 Å². The van der Waals surface area contributed by atoms with Gasteiger partial charge in [-0.1, -0.05) is 12.1 Å². The van der Waals surface area contributed by atoms with Crippen LogP contribution >= 0.6 is 0 Å². The average molecular weight is 285 g/mol. The van der Waals surface area contributed by atoms with Gasteiger partial charge in [0.1, 0.15) is 0 Å². The van der Waals surface area contributed by atoms with Gasteiger partial charge in [0.25, 0.3) is 0 Å². The quantitative estimate of drug-likeness (QED) is 0.922. The molecular formula is C15H21F2NO2. The lowest BCUT2D eigenvalue weighted by Crippen LogP contribution is -2.45. The lowest BCUT2D eigenvalue weighted by molar-refractivity contribution is -0.0703. The Hall–Kier alpha value is -1.04. The molecule has 0 saturated carbocycles. The number of ether oxygens (including phenoxy) is 1. The Balaban J connectivity index is 1.91. The van der Waals surface area contributed by atoms with Gasteiger partial charge in [-0.05, 0) is 26.3 Å². The normalized spacial score (nSPS) is 25.6. The first-order valence-corrected chi connectivity index (χ1v) is 6.97. The zero-order valence-corrected chi connectivity index (χ0v) is 11.9. The topological polar surface area (TPSA) is 32.7 Å². The summed E-state index contributed by atoms with van der Waals surface area (Å²) in [6.07, 6.45) is -0.303. The molecule has 1 fully saturated rings. The van der Waals surface area contributed by atoms with E-state index in [2.05, 4.69) is 4.90 Å². The Bertz CT molecular complexity index is 445. The molecule has 1 aliphatic rings. The third kappa shape index (κ3) is 3.75. The van der Waals surface area contributed by atoms with Crippen LogP contribution in [0.25, 0.3) is 0 Å². The highest BCUT2D eigenvalue weighted by Gasteiger charge is 2.23. The molecule has 0 aromatic heterocycles. The van der Waals surface area contributed by atoms with Crippen molar-refractivity contribution < 1.29 is 18.6 Å². The Morgan fingerprint density at radius 1 is 1.30 bits per heavy atom. The molecule has 1 aromatic carbocycles. The highest BCUT2D eigenvalue weighted by Crippen LogP contribution is 2.22. The highest BCUT2D eigenvalue weighted by molar-refractivity contribution is 5.21. The van der Waals surface area contributed by atoms with E-state index >= 15 is 0 Å². The van der Waals surface area contributed by atoms with Gasteiger partial charge in [-0.25, -0.2) is 8.78 Å². The molecule has 0 spiro atoms. The minimum Gasteiger partial charge on any atom is -0.388 e. The fourth-order valence-corrected chi connectivity index (χ4v) is 2.71. The van der Waals surface area contributed by atoms with Crippen molar-refractivity contribution in [2.75, 3.05) is 19.6 Å². The number of aliphatic hydroxyl groups is 1. The molecule has 1 aliphatic heterocycles. The van der Waals surface area contributed by atoms with Gasteiger partial charge < -0.3 is 9.84 Å². The summed E-state index contributed by atoms with van der Waals surface area (Å²) in [6, 6.07) is 3.89. The fourth-order valence-electron chi connectivity index (χ4n) is 2.71. The second-order valence-corrected chi connectivity index (χ2v) is 5.46. The molecule has 1 heterocycles.